The van der Waals surface area contributed by atoms with Crippen molar-refractivity contribution in [2.75, 3.05) is 12.8 Å². The zero-order valence-electron chi connectivity index (χ0n) is 10.7. The van der Waals surface area contributed by atoms with Gasteiger partial charge in [-0.2, -0.15) is 0 Å². The van der Waals surface area contributed by atoms with Gasteiger partial charge in [0.2, 0.25) is 5.91 Å². The highest BCUT2D eigenvalue weighted by atomic mass is 32.2. The summed E-state index contributed by atoms with van der Waals surface area (Å²) in [5.41, 5.74) is 4.65. The minimum Gasteiger partial charge on any atom is -0.368 e. The van der Waals surface area contributed by atoms with Crippen molar-refractivity contribution in [2.45, 2.75) is 30.2 Å². The number of rotatable bonds is 7. The van der Waals surface area contributed by atoms with E-state index < -0.39 is 5.54 Å². The zero-order valence-corrected chi connectivity index (χ0v) is 11.5. The van der Waals surface area contributed by atoms with Gasteiger partial charge in [-0.15, -0.1) is 11.8 Å². The van der Waals surface area contributed by atoms with Crippen molar-refractivity contribution < 1.29 is 9.18 Å². The summed E-state index contributed by atoms with van der Waals surface area (Å²) in [6, 6.07) is 6.69. The maximum atomic E-state index is 13.3. The molecule has 0 aliphatic carbocycles. The lowest BCUT2D eigenvalue weighted by molar-refractivity contribution is -0.123. The molecule has 0 saturated heterocycles. The van der Waals surface area contributed by atoms with Crippen LogP contribution in [-0.2, 0) is 4.79 Å². The van der Waals surface area contributed by atoms with Crippen molar-refractivity contribution in [2.24, 2.45) is 5.73 Å². The van der Waals surface area contributed by atoms with Gasteiger partial charge >= 0.3 is 0 Å². The second kappa shape index (κ2) is 6.75. The molecule has 0 aromatic heterocycles. The maximum Gasteiger partial charge on any atom is 0.237 e. The molecule has 0 spiro atoms. The van der Waals surface area contributed by atoms with Crippen LogP contribution in [0, 0.1) is 5.82 Å². The molecule has 0 fully saturated rings. The van der Waals surface area contributed by atoms with Crippen molar-refractivity contribution >= 4 is 17.7 Å². The van der Waals surface area contributed by atoms with Crippen LogP contribution >= 0.6 is 11.8 Å². The highest BCUT2D eigenvalue weighted by molar-refractivity contribution is 7.99. The van der Waals surface area contributed by atoms with E-state index in [1.165, 1.54) is 17.8 Å². The van der Waals surface area contributed by atoms with Crippen molar-refractivity contribution in [3.8, 4) is 0 Å². The average Bonchev–Trinajstić information content (AvgIpc) is 2.36. The first-order chi connectivity index (χ1) is 8.49. The van der Waals surface area contributed by atoms with Crippen molar-refractivity contribution in [3.63, 3.8) is 0 Å². The van der Waals surface area contributed by atoms with Gasteiger partial charge in [0, 0.05) is 4.90 Å². The van der Waals surface area contributed by atoms with Crippen molar-refractivity contribution in [1.29, 1.82) is 0 Å². The summed E-state index contributed by atoms with van der Waals surface area (Å²) < 4.78 is 13.3. The highest BCUT2D eigenvalue weighted by Crippen LogP contribution is 2.23. The molecule has 1 aromatic rings. The smallest absolute Gasteiger partial charge is 0.237 e. The summed E-state index contributed by atoms with van der Waals surface area (Å²) in [5, 5.41) is 2.93. The minimum absolute atomic E-state index is 0.200. The molecule has 1 aromatic carbocycles. The van der Waals surface area contributed by atoms with Gasteiger partial charge in [-0.1, -0.05) is 12.1 Å². The van der Waals surface area contributed by atoms with Gasteiger partial charge in [-0.3, -0.25) is 4.79 Å². The Morgan fingerprint density at radius 2 is 2.17 bits per heavy atom. The van der Waals surface area contributed by atoms with Crippen LogP contribution in [0.3, 0.4) is 0 Å². The number of nitrogens with two attached hydrogens (primary N) is 1. The van der Waals surface area contributed by atoms with E-state index in [2.05, 4.69) is 5.32 Å². The number of hydrogen-bond acceptors (Lipinski definition) is 3. The molecule has 3 N–H and O–H groups in total. The van der Waals surface area contributed by atoms with E-state index in [9.17, 15) is 9.18 Å². The number of thioether (sulfide) groups is 1. The lowest BCUT2D eigenvalue weighted by Crippen LogP contribution is -2.51. The largest absolute Gasteiger partial charge is 0.368 e. The summed E-state index contributed by atoms with van der Waals surface area (Å²) >= 11 is 1.46. The maximum absolute atomic E-state index is 13.3. The van der Waals surface area contributed by atoms with Crippen LogP contribution in [0.1, 0.15) is 19.8 Å². The number of hydrogen-bond donors (Lipinski definition) is 2. The normalized spacial score (nSPS) is 14.2. The molecule has 1 rings (SSSR count). The Bertz CT molecular complexity index is 414. The third-order valence-corrected chi connectivity index (χ3v) is 4.15. The summed E-state index contributed by atoms with van der Waals surface area (Å²) in [4.78, 5) is 11.9. The molecule has 1 atom stereocenters. The molecule has 1 unspecified atom stereocenters. The molecule has 0 aliphatic heterocycles. The van der Waals surface area contributed by atoms with Crippen LogP contribution in [0.4, 0.5) is 4.39 Å². The number of carbonyl (C=O) groups is 1. The third-order valence-electron chi connectivity index (χ3n) is 3.01. The first kappa shape index (κ1) is 15.0. The molecule has 0 heterocycles. The molecule has 0 bridgehead atoms. The molecule has 1 amide bonds. The standard InChI is InChI=1S/C13H19FN2OS/c1-13(16-2,12(15)17)8-5-9-18-11-7-4-3-6-10(11)14/h3-4,6-7,16H,5,8-9H2,1-2H3,(H2,15,17). The summed E-state index contributed by atoms with van der Waals surface area (Å²) in [5.74, 6) is 0.195. The third kappa shape index (κ3) is 3.99. The van der Waals surface area contributed by atoms with Gasteiger partial charge in [0.15, 0.2) is 0 Å². The van der Waals surface area contributed by atoms with Gasteiger partial charge < -0.3 is 11.1 Å². The molecule has 0 aliphatic rings. The zero-order chi connectivity index (χ0) is 13.6. The van der Waals surface area contributed by atoms with Crippen molar-refractivity contribution in [1.82, 2.24) is 5.32 Å². The molecular formula is C13H19FN2OS. The van der Waals surface area contributed by atoms with Crippen LogP contribution in [-0.4, -0.2) is 24.2 Å². The summed E-state index contributed by atoms with van der Waals surface area (Å²) in [6.45, 7) is 1.78. The van der Waals surface area contributed by atoms with E-state index in [0.717, 1.165) is 12.2 Å². The van der Waals surface area contributed by atoms with Gasteiger partial charge in [0.05, 0.1) is 5.54 Å². The van der Waals surface area contributed by atoms with E-state index in [1.54, 1.807) is 26.1 Å². The lowest BCUT2D eigenvalue weighted by atomic mass is 9.96. The van der Waals surface area contributed by atoms with Gasteiger partial charge in [-0.25, -0.2) is 4.39 Å². The van der Waals surface area contributed by atoms with E-state index in [4.69, 9.17) is 5.73 Å². The van der Waals surface area contributed by atoms with E-state index in [1.807, 2.05) is 6.07 Å². The Hall–Kier alpha value is -1.07. The van der Waals surface area contributed by atoms with Gasteiger partial charge in [0.1, 0.15) is 5.82 Å². The first-order valence-corrected chi connectivity index (χ1v) is 6.84. The Morgan fingerprint density at radius 1 is 1.50 bits per heavy atom. The molecular weight excluding hydrogens is 251 g/mol. The van der Waals surface area contributed by atoms with Gasteiger partial charge in [-0.05, 0) is 44.7 Å². The average molecular weight is 270 g/mol. The Labute approximate surface area is 111 Å². The molecule has 3 nitrogen and oxygen atoms in total. The Balaban J connectivity index is 2.39. The van der Waals surface area contributed by atoms with Crippen LogP contribution in [0.25, 0.3) is 0 Å². The quantitative estimate of drug-likeness (QED) is 0.589. The highest BCUT2D eigenvalue weighted by Gasteiger charge is 2.27. The van der Waals surface area contributed by atoms with E-state index >= 15 is 0 Å². The second-order valence-corrected chi connectivity index (χ2v) is 5.47. The Kier molecular flexibility index (Phi) is 5.62. The fraction of sp³-hybridized carbons (Fsp3) is 0.462. The number of halogens is 1. The van der Waals surface area contributed by atoms with Crippen LogP contribution < -0.4 is 11.1 Å². The Morgan fingerprint density at radius 3 is 2.72 bits per heavy atom. The fourth-order valence-electron chi connectivity index (χ4n) is 1.54. The molecule has 5 heteroatoms. The minimum atomic E-state index is -0.685. The number of carbonyl (C=O) groups excluding carboxylic acids is 1. The number of likely N-dealkylation sites (N-methyl/N-ethyl adjacent to an activating group) is 1. The predicted molar refractivity (Wildman–Crippen MR) is 73.0 cm³/mol. The SMILES string of the molecule is CNC(C)(CCCSc1ccccc1F)C(N)=O. The predicted octanol–water partition coefficient (Wildman–Crippen LogP) is 2.16. The second-order valence-electron chi connectivity index (χ2n) is 4.33. The van der Waals surface area contributed by atoms with E-state index in [0.29, 0.717) is 11.3 Å². The van der Waals surface area contributed by atoms with Crippen molar-refractivity contribution in [3.05, 3.63) is 30.1 Å². The lowest BCUT2D eigenvalue weighted by Gasteiger charge is -2.25. The monoisotopic (exact) mass is 270 g/mol. The number of primary amides is 1. The molecule has 100 valence electrons. The number of benzene rings is 1. The molecule has 18 heavy (non-hydrogen) atoms. The topological polar surface area (TPSA) is 55.1 Å². The molecule has 0 radical (unpaired) electrons. The number of amides is 1. The number of nitrogens with one attached hydrogen (secondary N) is 1. The van der Waals surface area contributed by atoms with Crippen LogP contribution in [0.15, 0.2) is 29.2 Å². The summed E-state index contributed by atoms with van der Waals surface area (Å²) in [6.07, 6.45) is 1.43. The fourth-order valence-corrected chi connectivity index (χ4v) is 2.43. The van der Waals surface area contributed by atoms with Crippen LogP contribution in [0.5, 0.6) is 0 Å². The summed E-state index contributed by atoms with van der Waals surface area (Å²) in [7, 11) is 1.72. The van der Waals surface area contributed by atoms with E-state index in [-0.39, 0.29) is 11.7 Å². The van der Waals surface area contributed by atoms with Gasteiger partial charge in [0.25, 0.3) is 0 Å². The first-order valence-electron chi connectivity index (χ1n) is 5.86. The van der Waals surface area contributed by atoms with Crippen LogP contribution in [0.2, 0.25) is 0 Å². The molecule has 0 saturated carbocycles.